The SMILES string of the molecule is CC(=O)CC(=O)c1cc(C(F)(F)F)ncn1. The summed E-state index contributed by atoms with van der Waals surface area (Å²) in [4.78, 5) is 28.3. The van der Waals surface area contributed by atoms with Crippen molar-refractivity contribution in [3.8, 4) is 0 Å². The first-order valence-corrected chi connectivity index (χ1v) is 4.22. The van der Waals surface area contributed by atoms with E-state index < -0.39 is 35.6 Å². The molecule has 0 spiro atoms. The molecule has 7 heteroatoms. The summed E-state index contributed by atoms with van der Waals surface area (Å²) in [6.07, 6.45) is -4.45. The van der Waals surface area contributed by atoms with Crippen LogP contribution in [-0.2, 0) is 11.0 Å². The second-order valence-electron chi connectivity index (χ2n) is 3.09. The number of rotatable bonds is 3. The van der Waals surface area contributed by atoms with Crippen LogP contribution < -0.4 is 0 Å². The number of carbonyl (C=O) groups excluding carboxylic acids is 2. The molecule has 0 fully saturated rings. The lowest BCUT2D eigenvalue weighted by atomic mass is 10.1. The summed E-state index contributed by atoms with van der Waals surface area (Å²) in [7, 11) is 0. The van der Waals surface area contributed by atoms with Gasteiger partial charge in [0, 0.05) is 0 Å². The van der Waals surface area contributed by atoms with E-state index in [1.807, 2.05) is 0 Å². The molecule has 1 heterocycles. The molecule has 4 nitrogen and oxygen atoms in total. The minimum Gasteiger partial charge on any atom is -0.300 e. The van der Waals surface area contributed by atoms with Gasteiger partial charge in [-0.2, -0.15) is 13.2 Å². The molecule has 0 bridgehead atoms. The number of hydrogen-bond donors (Lipinski definition) is 0. The Balaban J connectivity index is 2.99. The molecule has 0 aromatic carbocycles. The molecule has 1 rings (SSSR count). The predicted molar refractivity (Wildman–Crippen MR) is 46.7 cm³/mol. The van der Waals surface area contributed by atoms with Crippen molar-refractivity contribution in [1.29, 1.82) is 0 Å². The molecule has 0 N–H and O–H groups in total. The van der Waals surface area contributed by atoms with Gasteiger partial charge in [0.05, 0.1) is 6.42 Å². The highest BCUT2D eigenvalue weighted by molar-refractivity contribution is 6.06. The first kappa shape index (κ1) is 12.3. The zero-order chi connectivity index (χ0) is 12.3. The summed E-state index contributed by atoms with van der Waals surface area (Å²) in [5, 5.41) is 0. The van der Waals surface area contributed by atoms with Crippen molar-refractivity contribution in [2.45, 2.75) is 19.5 Å². The van der Waals surface area contributed by atoms with Gasteiger partial charge in [-0.1, -0.05) is 0 Å². The monoisotopic (exact) mass is 232 g/mol. The second kappa shape index (κ2) is 4.38. The van der Waals surface area contributed by atoms with Gasteiger partial charge in [-0.15, -0.1) is 0 Å². The Labute approximate surface area is 88.5 Å². The average molecular weight is 232 g/mol. The number of Topliss-reactive ketones (excluding diaryl/α,β-unsaturated/α-hetero) is 2. The maximum atomic E-state index is 12.2. The van der Waals surface area contributed by atoms with Crippen molar-refractivity contribution in [2.75, 3.05) is 0 Å². The highest BCUT2D eigenvalue weighted by Crippen LogP contribution is 2.27. The smallest absolute Gasteiger partial charge is 0.300 e. The Bertz CT molecular complexity index is 429. The van der Waals surface area contributed by atoms with Gasteiger partial charge in [-0.05, 0) is 13.0 Å². The van der Waals surface area contributed by atoms with Gasteiger partial charge in [0.15, 0.2) is 5.78 Å². The van der Waals surface area contributed by atoms with Crippen molar-refractivity contribution in [1.82, 2.24) is 9.97 Å². The zero-order valence-corrected chi connectivity index (χ0v) is 8.21. The summed E-state index contributed by atoms with van der Waals surface area (Å²) in [6.45, 7) is 1.17. The number of aromatic nitrogens is 2. The summed E-state index contributed by atoms with van der Waals surface area (Å²) in [5.74, 6) is -1.18. The third-order valence-electron chi connectivity index (χ3n) is 1.65. The van der Waals surface area contributed by atoms with Crippen LogP contribution in [0.15, 0.2) is 12.4 Å². The number of hydrogen-bond acceptors (Lipinski definition) is 4. The van der Waals surface area contributed by atoms with E-state index in [1.54, 1.807) is 0 Å². The summed E-state index contributed by atoms with van der Waals surface area (Å²) in [5.41, 5.74) is -1.60. The summed E-state index contributed by atoms with van der Waals surface area (Å²) in [6, 6.07) is 0.533. The van der Waals surface area contributed by atoms with E-state index in [-0.39, 0.29) is 0 Å². The predicted octanol–water partition coefficient (Wildman–Crippen LogP) is 1.66. The molecule has 0 saturated heterocycles. The molecule has 0 atom stereocenters. The third-order valence-corrected chi connectivity index (χ3v) is 1.65. The molecule has 16 heavy (non-hydrogen) atoms. The standard InChI is InChI=1S/C9H7F3N2O2/c1-5(15)2-7(16)6-3-8(9(10,11)12)14-4-13-6/h3-4H,2H2,1H3. The quantitative estimate of drug-likeness (QED) is 0.587. The highest BCUT2D eigenvalue weighted by atomic mass is 19.4. The Hall–Kier alpha value is -1.79. The van der Waals surface area contributed by atoms with Crippen molar-refractivity contribution in [3.63, 3.8) is 0 Å². The second-order valence-corrected chi connectivity index (χ2v) is 3.09. The maximum absolute atomic E-state index is 12.2. The van der Waals surface area contributed by atoms with Gasteiger partial charge in [0.1, 0.15) is 23.5 Å². The van der Waals surface area contributed by atoms with E-state index in [9.17, 15) is 22.8 Å². The van der Waals surface area contributed by atoms with Crippen molar-refractivity contribution in [3.05, 3.63) is 23.8 Å². The Morgan fingerprint density at radius 2 is 1.94 bits per heavy atom. The van der Waals surface area contributed by atoms with E-state index >= 15 is 0 Å². The van der Waals surface area contributed by atoms with Gasteiger partial charge in [-0.3, -0.25) is 9.59 Å². The van der Waals surface area contributed by atoms with E-state index in [0.717, 1.165) is 0 Å². The van der Waals surface area contributed by atoms with Crippen LogP contribution in [0.3, 0.4) is 0 Å². The minimum absolute atomic E-state index is 0.405. The van der Waals surface area contributed by atoms with E-state index in [1.165, 1.54) is 6.92 Å². The topological polar surface area (TPSA) is 59.9 Å². The van der Waals surface area contributed by atoms with Crippen LogP contribution in [0.4, 0.5) is 13.2 Å². The average Bonchev–Trinajstić information content (AvgIpc) is 2.15. The van der Waals surface area contributed by atoms with Gasteiger partial charge in [0.25, 0.3) is 0 Å². The highest BCUT2D eigenvalue weighted by Gasteiger charge is 2.33. The molecular weight excluding hydrogens is 225 g/mol. The largest absolute Gasteiger partial charge is 0.433 e. The molecule has 0 aliphatic carbocycles. The fraction of sp³-hybridized carbons (Fsp3) is 0.333. The Kier molecular flexibility index (Phi) is 3.36. The van der Waals surface area contributed by atoms with E-state index in [2.05, 4.69) is 9.97 Å². The van der Waals surface area contributed by atoms with Crippen LogP contribution >= 0.6 is 0 Å². The molecule has 1 aromatic heterocycles. The van der Waals surface area contributed by atoms with Crippen LogP contribution in [0, 0.1) is 0 Å². The number of nitrogens with zero attached hydrogens (tertiary/aromatic N) is 2. The molecule has 86 valence electrons. The first-order valence-electron chi connectivity index (χ1n) is 4.22. The van der Waals surface area contributed by atoms with Gasteiger partial charge in [0.2, 0.25) is 0 Å². The lowest BCUT2D eigenvalue weighted by Crippen LogP contribution is -2.13. The fourth-order valence-corrected chi connectivity index (χ4v) is 0.981. The Morgan fingerprint density at radius 3 is 2.44 bits per heavy atom. The van der Waals surface area contributed by atoms with Crippen molar-refractivity contribution < 1.29 is 22.8 Å². The third kappa shape index (κ3) is 3.11. The maximum Gasteiger partial charge on any atom is 0.433 e. The van der Waals surface area contributed by atoms with Gasteiger partial charge >= 0.3 is 6.18 Å². The lowest BCUT2D eigenvalue weighted by Gasteiger charge is -2.05. The number of carbonyl (C=O) groups is 2. The van der Waals surface area contributed by atoms with Crippen LogP contribution in [0.25, 0.3) is 0 Å². The number of halogens is 3. The molecule has 0 unspecified atom stereocenters. The number of alkyl halides is 3. The fourth-order valence-electron chi connectivity index (χ4n) is 0.981. The van der Waals surface area contributed by atoms with Crippen LogP contribution in [-0.4, -0.2) is 21.5 Å². The van der Waals surface area contributed by atoms with Gasteiger partial charge in [-0.25, -0.2) is 9.97 Å². The van der Waals surface area contributed by atoms with Crippen LogP contribution in [0.5, 0.6) is 0 Å². The number of ketones is 2. The van der Waals surface area contributed by atoms with E-state index in [0.29, 0.717) is 12.4 Å². The van der Waals surface area contributed by atoms with E-state index in [4.69, 9.17) is 0 Å². The lowest BCUT2D eigenvalue weighted by molar-refractivity contribution is -0.141. The first-order chi connectivity index (χ1) is 7.30. The molecule has 0 amide bonds. The van der Waals surface area contributed by atoms with Crippen LogP contribution in [0.2, 0.25) is 0 Å². The van der Waals surface area contributed by atoms with Crippen LogP contribution in [0.1, 0.15) is 29.5 Å². The normalized spacial score (nSPS) is 11.2. The summed E-state index contributed by atoms with van der Waals surface area (Å²) < 4.78 is 36.7. The molecule has 1 aromatic rings. The molecule has 0 aliphatic heterocycles. The van der Waals surface area contributed by atoms with Crippen molar-refractivity contribution in [2.24, 2.45) is 0 Å². The minimum atomic E-state index is -4.63. The molecular formula is C9H7F3N2O2. The Morgan fingerprint density at radius 1 is 1.31 bits per heavy atom. The van der Waals surface area contributed by atoms with Crippen molar-refractivity contribution >= 4 is 11.6 Å². The molecule has 0 saturated carbocycles. The summed E-state index contributed by atoms with van der Waals surface area (Å²) >= 11 is 0. The molecule has 0 aliphatic rings. The molecule has 0 radical (unpaired) electrons. The zero-order valence-electron chi connectivity index (χ0n) is 8.21. The van der Waals surface area contributed by atoms with Gasteiger partial charge < -0.3 is 0 Å².